The van der Waals surface area contributed by atoms with Gasteiger partial charge < -0.3 is 4.90 Å². The molecule has 0 radical (unpaired) electrons. The van der Waals surface area contributed by atoms with E-state index in [-0.39, 0.29) is 0 Å². The van der Waals surface area contributed by atoms with Crippen LogP contribution in [0.4, 0.5) is 17.1 Å². The van der Waals surface area contributed by atoms with Gasteiger partial charge in [0.2, 0.25) is 5.95 Å². The summed E-state index contributed by atoms with van der Waals surface area (Å²) in [7, 11) is 0. The first-order valence-electron chi connectivity index (χ1n) is 23.7. The topological polar surface area (TPSA) is 46.8 Å². The minimum absolute atomic E-state index is 0.538. The van der Waals surface area contributed by atoms with Crippen LogP contribution in [0.15, 0.2) is 261 Å². The van der Waals surface area contributed by atoms with Gasteiger partial charge in [-0.25, -0.2) is 4.98 Å². The van der Waals surface area contributed by atoms with Crippen LogP contribution in [0.2, 0.25) is 0 Å². The summed E-state index contributed by atoms with van der Waals surface area (Å²) in [6.45, 7) is 0. The molecular weight excluding hydrogens is 851 g/mol. The maximum Gasteiger partial charge on any atom is 0.238 e. The van der Waals surface area contributed by atoms with Gasteiger partial charge in [0.25, 0.3) is 0 Å². The number of aromatic nitrogens is 4. The van der Waals surface area contributed by atoms with Crippen molar-refractivity contribution in [3.05, 3.63) is 261 Å². The van der Waals surface area contributed by atoms with Crippen molar-refractivity contribution >= 4 is 60.4 Å². The highest BCUT2D eigenvalue weighted by molar-refractivity contribution is 6.11. The highest BCUT2D eigenvalue weighted by Crippen LogP contribution is 2.41. The SMILES string of the molecule is c1ccc(-c2ccc3c4ccc(N(c5ccccc5)c5ccc(-c6ccc7ccccc7c6)cc5)cc4n(-c4nc(-c5ccccc5)nc(-c5ccc(-c6ccc7ccccc7c6)cc5)n4)c3c2)cc1. The van der Waals surface area contributed by atoms with E-state index in [0.29, 0.717) is 17.6 Å². The first kappa shape index (κ1) is 40.8. The van der Waals surface area contributed by atoms with Crippen LogP contribution in [0.5, 0.6) is 0 Å². The maximum absolute atomic E-state index is 5.39. The molecule has 5 heteroatoms. The first-order valence-corrected chi connectivity index (χ1v) is 23.7. The molecule has 0 saturated carbocycles. The van der Waals surface area contributed by atoms with E-state index in [0.717, 1.165) is 77.8 Å². The van der Waals surface area contributed by atoms with E-state index in [1.165, 1.54) is 27.1 Å². The van der Waals surface area contributed by atoms with Crippen molar-refractivity contribution in [3.8, 4) is 62.1 Å². The molecule has 5 nitrogen and oxygen atoms in total. The summed E-state index contributed by atoms with van der Waals surface area (Å²) in [4.78, 5) is 18.2. The number of fused-ring (bicyclic) bond motifs is 5. The molecule has 328 valence electrons. The van der Waals surface area contributed by atoms with Crippen LogP contribution in [-0.4, -0.2) is 19.5 Å². The zero-order chi connectivity index (χ0) is 46.4. The van der Waals surface area contributed by atoms with Crippen LogP contribution in [0.25, 0.3) is 105 Å². The Morgan fingerprint density at radius 2 is 0.643 bits per heavy atom. The van der Waals surface area contributed by atoms with Crippen molar-refractivity contribution in [1.82, 2.24) is 19.5 Å². The molecule has 0 aliphatic heterocycles. The van der Waals surface area contributed by atoms with E-state index < -0.39 is 0 Å². The second-order valence-corrected chi connectivity index (χ2v) is 17.7. The zero-order valence-corrected chi connectivity index (χ0v) is 38.1. The van der Waals surface area contributed by atoms with Gasteiger partial charge >= 0.3 is 0 Å². The zero-order valence-electron chi connectivity index (χ0n) is 38.1. The van der Waals surface area contributed by atoms with Gasteiger partial charge in [0.05, 0.1) is 11.0 Å². The van der Waals surface area contributed by atoms with Crippen LogP contribution < -0.4 is 4.90 Å². The smallest absolute Gasteiger partial charge is 0.238 e. The Bertz CT molecular complexity index is 4030. The molecule has 0 atom stereocenters. The molecule has 13 rings (SSSR count). The predicted octanol–water partition coefficient (Wildman–Crippen LogP) is 17.1. The lowest BCUT2D eigenvalue weighted by molar-refractivity contribution is 0.953. The van der Waals surface area contributed by atoms with Gasteiger partial charge in [-0.15, -0.1) is 0 Å². The summed E-state index contributed by atoms with van der Waals surface area (Å²) in [5.41, 5.74) is 13.8. The van der Waals surface area contributed by atoms with Crippen LogP contribution in [0.3, 0.4) is 0 Å². The fourth-order valence-corrected chi connectivity index (χ4v) is 9.86. The lowest BCUT2D eigenvalue weighted by Crippen LogP contribution is -2.10. The molecule has 0 aliphatic rings. The highest BCUT2D eigenvalue weighted by Gasteiger charge is 2.21. The molecule has 0 unspecified atom stereocenters. The van der Waals surface area contributed by atoms with Crippen LogP contribution in [0.1, 0.15) is 0 Å². The molecule has 0 saturated heterocycles. The molecule has 13 aromatic rings. The molecule has 0 bridgehead atoms. The first-order chi connectivity index (χ1) is 34.7. The normalized spacial score (nSPS) is 11.4. The van der Waals surface area contributed by atoms with Crippen LogP contribution in [0, 0.1) is 0 Å². The maximum atomic E-state index is 5.39. The Kier molecular flexibility index (Phi) is 10.1. The molecule has 0 N–H and O–H groups in total. The number of hydrogen-bond acceptors (Lipinski definition) is 4. The second kappa shape index (κ2) is 17.3. The van der Waals surface area contributed by atoms with E-state index >= 15 is 0 Å². The van der Waals surface area contributed by atoms with Crippen molar-refractivity contribution in [3.63, 3.8) is 0 Å². The van der Waals surface area contributed by atoms with Crippen molar-refractivity contribution in [2.45, 2.75) is 0 Å². The Labute approximate surface area is 405 Å². The Hall–Kier alpha value is -9.45. The van der Waals surface area contributed by atoms with Gasteiger partial charge in [-0.1, -0.05) is 206 Å². The third-order valence-corrected chi connectivity index (χ3v) is 13.4. The summed E-state index contributed by atoms with van der Waals surface area (Å²) < 4.78 is 2.23. The van der Waals surface area contributed by atoms with E-state index in [9.17, 15) is 0 Å². The molecule has 2 aromatic heterocycles. The third-order valence-electron chi connectivity index (χ3n) is 13.4. The van der Waals surface area contributed by atoms with Crippen molar-refractivity contribution < 1.29 is 0 Å². The van der Waals surface area contributed by atoms with Gasteiger partial charge in [-0.05, 0) is 110 Å². The van der Waals surface area contributed by atoms with Gasteiger partial charge in [0, 0.05) is 39.0 Å². The van der Waals surface area contributed by atoms with Gasteiger partial charge in [0.15, 0.2) is 11.6 Å². The number of benzene rings is 11. The monoisotopic (exact) mass is 893 g/mol. The Balaban J connectivity index is 0.989. The Morgan fingerprint density at radius 3 is 1.24 bits per heavy atom. The summed E-state index contributed by atoms with van der Waals surface area (Å²) in [5.74, 6) is 1.73. The standard InChI is InChI=1S/C65H43N5/c1-4-14-44(15-5-1)55-34-38-59-60-39-37-58(69(56-22-8-3-9-23-56)57-35-32-48(33-36-57)54-31-27-46-17-11-13-21-52(46)41-54)43-62(60)70(61(59)42-55)65-67-63(49-18-6-2-7-19-49)66-64(68-65)50-28-24-47(25-29-50)53-30-26-45-16-10-12-20-51(45)40-53/h1-43H. The van der Waals surface area contributed by atoms with E-state index in [1.54, 1.807) is 0 Å². The largest absolute Gasteiger partial charge is 0.310 e. The predicted molar refractivity (Wildman–Crippen MR) is 291 cm³/mol. The quantitative estimate of drug-likeness (QED) is 0.145. The number of para-hydroxylation sites is 1. The molecule has 0 amide bonds. The highest BCUT2D eigenvalue weighted by atomic mass is 15.2. The fraction of sp³-hybridized carbons (Fsp3) is 0. The van der Waals surface area contributed by atoms with E-state index in [1.807, 2.05) is 18.2 Å². The van der Waals surface area contributed by atoms with Gasteiger partial charge in [-0.2, -0.15) is 9.97 Å². The summed E-state index contributed by atoms with van der Waals surface area (Å²) in [5, 5.41) is 7.10. The lowest BCUT2D eigenvalue weighted by atomic mass is 10.0. The summed E-state index contributed by atoms with van der Waals surface area (Å²) in [6, 6.07) is 92.6. The number of rotatable bonds is 9. The average molecular weight is 894 g/mol. The number of nitrogens with zero attached hydrogens (tertiary/aromatic N) is 5. The number of anilines is 3. The molecule has 0 fully saturated rings. The molecular formula is C65H43N5. The van der Waals surface area contributed by atoms with Crippen LogP contribution >= 0.6 is 0 Å². The molecule has 11 aromatic carbocycles. The minimum Gasteiger partial charge on any atom is -0.310 e. The van der Waals surface area contributed by atoms with E-state index in [2.05, 4.69) is 252 Å². The van der Waals surface area contributed by atoms with Crippen molar-refractivity contribution in [2.24, 2.45) is 0 Å². The third kappa shape index (κ3) is 7.52. The summed E-state index contributed by atoms with van der Waals surface area (Å²) >= 11 is 0. The van der Waals surface area contributed by atoms with E-state index in [4.69, 9.17) is 15.0 Å². The second-order valence-electron chi connectivity index (χ2n) is 17.7. The van der Waals surface area contributed by atoms with Crippen LogP contribution in [-0.2, 0) is 0 Å². The van der Waals surface area contributed by atoms with Gasteiger partial charge in [0.1, 0.15) is 0 Å². The number of hydrogen-bond donors (Lipinski definition) is 0. The van der Waals surface area contributed by atoms with Gasteiger partial charge in [-0.3, -0.25) is 4.57 Å². The lowest BCUT2D eigenvalue weighted by Gasteiger charge is -2.26. The Morgan fingerprint density at radius 1 is 0.257 bits per heavy atom. The summed E-state index contributed by atoms with van der Waals surface area (Å²) in [6.07, 6.45) is 0. The molecule has 0 aliphatic carbocycles. The average Bonchev–Trinajstić information content (AvgIpc) is 3.77. The van der Waals surface area contributed by atoms with Crippen molar-refractivity contribution in [2.75, 3.05) is 4.90 Å². The minimum atomic E-state index is 0.538. The molecule has 70 heavy (non-hydrogen) atoms. The fourth-order valence-electron chi connectivity index (χ4n) is 9.86. The molecule has 0 spiro atoms. The van der Waals surface area contributed by atoms with Crippen molar-refractivity contribution in [1.29, 1.82) is 0 Å². The molecule has 2 heterocycles.